The van der Waals surface area contributed by atoms with E-state index in [1.54, 1.807) is 0 Å². The van der Waals surface area contributed by atoms with Gasteiger partial charge in [0.05, 0.1) is 6.04 Å². The minimum Gasteiger partial charge on any atom is -0.484 e. The van der Waals surface area contributed by atoms with Gasteiger partial charge in [0.1, 0.15) is 17.5 Å². The molecule has 0 aromatic heterocycles. The van der Waals surface area contributed by atoms with Crippen LogP contribution in [-0.2, 0) is 24.0 Å². The molecule has 43 heavy (non-hydrogen) atoms. The second-order valence-electron chi connectivity index (χ2n) is 12.3. The molecule has 14 heteroatoms. The summed E-state index contributed by atoms with van der Waals surface area (Å²) in [7, 11) is 0. The van der Waals surface area contributed by atoms with Crippen LogP contribution in [0, 0.1) is 23.2 Å². The molecule has 5 atom stereocenters. The molecule has 11 nitrogen and oxygen atoms in total. The molecule has 4 aliphatic rings. The van der Waals surface area contributed by atoms with Gasteiger partial charge in [-0.25, -0.2) is 0 Å². The van der Waals surface area contributed by atoms with E-state index in [-0.39, 0.29) is 47.1 Å². The summed E-state index contributed by atoms with van der Waals surface area (Å²) in [5.41, 5.74) is -0.222. The average Bonchev–Trinajstić information content (AvgIpc) is 3.71. The van der Waals surface area contributed by atoms with Gasteiger partial charge >= 0.3 is 6.18 Å². The molecule has 3 N–H and O–H groups in total. The Morgan fingerprint density at radius 3 is 2.30 bits per heavy atom. The number of nitrogens with one attached hydrogen (secondary N) is 3. The van der Waals surface area contributed by atoms with Crippen LogP contribution in [0.1, 0.15) is 39.5 Å². The van der Waals surface area contributed by atoms with Crippen LogP contribution in [0.2, 0.25) is 0 Å². The third-order valence-corrected chi connectivity index (χ3v) is 8.84. The number of hydrogen-bond acceptors (Lipinski definition) is 7. The summed E-state index contributed by atoms with van der Waals surface area (Å²) in [4.78, 5) is 66.4. The highest BCUT2D eigenvalue weighted by molar-refractivity contribution is 6.38. The maximum atomic E-state index is 13.7. The predicted octanol–water partition coefficient (Wildman–Crippen LogP) is 1.35. The zero-order chi connectivity index (χ0) is 31.1. The second-order valence-corrected chi connectivity index (χ2v) is 12.3. The van der Waals surface area contributed by atoms with Gasteiger partial charge in [-0.3, -0.25) is 24.0 Å². The van der Waals surface area contributed by atoms with E-state index in [2.05, 4.69) is 20.7 Å². The quantitative estimate of drug-likeness (QED) is 0.304. The number of halogens is 3. The maximum Gasteiger partial charge on any atom is 0.422 e. The van der Waals surface area contributed by atoms with Crippen molar-refractivity contribution < 1.29 is 46.6 Å². The van der Waals surface area contributed by atoms with E-state index in [0.29, 0.717) is 19.5 Å². The number of ether oxygens (including phenoxy) is 2. The number of rotatable bonds is 12. The molecule has 1 aromatic rings. The third-order valence-electron chi connectivity index (χ3n) is 8.84. The molecule has 2 saturated carbocycles. The lowest BCUT2D eigenvalue weighted by molar-refractivity contribution is -0.153. The number of alkyl halides is 3. The number of Topliss-reactive ketones (excluding diaryl/α,β-unsaturated/α-hetero) is 1. The highest BCUT2D eigenvalue weighted by Crippen LogP contribution is 2.64. The van der Waals surface area contributed by atoms with E-state index < -0.39 is 60.9 Å². The molecule has 2 heterocycles. The number of carbonyl (C=O) groups excluding carboxylic acids is 5. The fourth-order valence-corrected chi connectivity index (χ4v) is 6.15. The average molecular weight is 609 g/mol. The molecule has 0 spiro atoms. The lowest BCUT2D eigenvalue weighted by Crippen LogP contribution is -2.56. The summed E-state index contributed by atoms with van der Waals surface area (Å²) in [6, 6.07) is 3.11. The first kappa shape index (κ1) is 30.6. The molecule has 2 aliphatic carbocycles. The van der Waals surface area contributed by atoms with Gasteiger partial charge in [0, 0.05) is 25.0 Å². The molecule has 2 aliphatic heterocycles. The zero-order valence-electron chi connectivity index (χ0n) is 23.9. The largest absolute Gasteiger partial charge is 0.484 e. The standard InChI is InChI=1S/C29H35F3N4O7/c1-28(2)19-12-36(21(37)13-42-17-5-7-18(8-6-17)43-14-29(30,31)32)23(22(19)28)26(40)35-20(11-15-9-10-33-25(15)39)24(38)27(41)34-16-3-4-16/h5-8,15-16,19-20,22-23H,3-4,9-14H2,1-2H3,(H,33,39)(H,34,41)(H,35,40)/t15-,19-,20-,22-,23-/m0/s1. The Kier molecular flexibility index (Phi) is 8.32. The van der Waals surface area contributed by atoms with Crippen LogP contribution >= 0.6 is 0 Å². The van der Waals surface area contributed by atoms with Gasteiger partial charge in [0.25, 0.3) is 11.8 Å². The van der Waals surface area contributed by atoms with E-state index in [9.17, 15) is 37.1 Å². The number of amides is 4. The third kappa shape index (κ3) is 7.04. The van der Waals surface area contributed by atoms with E-state index in [1.807, 2.05) is 13.8 Å². The monoisotopic (exact) mass is 608 g/mol. The molecule has 1 aromatic carbocycles. The second kappa shape index (κ2) is 11.7. The Morgan fingerprint density at radius 2 is 1.72 bits per heavy atom. The molecule has 234 valence electrons. The van der Waals surface area contributed by atoms with Gasteiger partial charge < -0.3 is 30.3 Å². The number of ketones is 1. The molecule has 5 rings (SSSR count). The van der Waals surface area contributed by atoms with Crippen LogP contribution in [0.25, 0.3) is 0 Å². The van der Waals surface area contributed by atoms with Crippen LogP contribution in [-0.4, -0.2) is 84.9 Å². The normalized spacial score (nSPS) is 26.2. The van der Waals surface area contributed by atoms with Gasteiger partial charge in [-0.2, -0.15) is 13.2 Å². The van der Waals surface area contributed by atoms with E-state index in [4.69, 9.17) is 4.74 Å². The van der Waals surface area contributed by atoms with Crippen molar-refractivity contribution in [2.24, 2.45) is 23.2 Å². The molecule has 4 fully saturated rings. The summed E-state index contributed by atoms with van der Waals surface area (Å²) in [5, 5.41) is 8.05. The molecular formula is C29H35F3N4O7. The van der Waals surface area contributed by atoms with Crippen molar-refractivity contribution in [3.8, 4) is 11.5 Å². The van der Waals surface area contributed by atoms with Crippen molar-refractivity contribution in [1.82, 2.24) is 20.9 Å². The fraction of sp³-hybridized carbons (Fsp3) is 0.621. The highest BCUT2D eigenvalue weighted by atomic mass is 19.4. The summed E-state index contributed by atoms with van der Waals surface area (Å²) < 4.78 is 47.3. The van der Waals surface area contributed by atoms with Crippen molar-refractivity contribution in [2.75, 3.05) is 26.3 Å². The Labute approximate surface area is 246 Å². The van der Waals surface area contributed by atoms with Crippen molar-refractivity contribution in [2.45, 2.75) is 63.8 Å². The number of carbonyl (C=O) groups is 5. The first-order valence-corrected chi connectivity index (χ1v) is 14.4. The number of hydrogen-bond donors (Lipinski definition) is 3. The molecule has 2 saturated heterocycles. The van der Waals surface area contributed by atoms with Gasteiger partial charge in [-0.1, -0.05) is 13.8 Å². The summed E-state index contributed by atoms with van der Waals surface area (Å²) in [5.74, 6) is -3.39. The predicted molar refractivity (Wildman–Crippen MR) is 144 cm³/mol. The van der Waals surface area contributed by atoms with Gasteiger partial charge in [0.2, 0.25) is 17.6 Å². The Bertz CT molecular complexity index is 1280. The van der Waals surface area contributed by atoms with Crippen molar-refractivity contribution in [3.05, 3.63) is 24.3 Å². The van der Waals surface area contributed by atoms with Crippen LogP contribution < -0.4 is 25.4 Å². The van der Waals surface area contributed by atoms with Gasteiger partial charge in [-0.05, 0) is 67.2 Å². The molecule has 4 amide bonds. The fourth-order valence-electron chi connectivity index (χ4n) is 6.15. The van der Waals surface area contributed by atoms with E-state index >= 15 is 0 Å². The Balaban J connectivity index is 1.24. The Hall–Kier alpha value is -3.84. The molecule has 0 bridgehead atoms. The first-order chi connectivity index (χ1) is 20.2. The lowest BCUT2D eigenvalue weighted by atomic mass is 9.94. The smallest absolute Gasteiger partial charge is 0.422 e. The maximum absolute atomic E-state index is 13.7. The van der Waals surface area contributed by atoms with Crippen molar-refractivity contribution in [3.63, 3.8) is 0 Å². The van der Waals surface area contributed by atoms with E-state index in [0.717, 1.165) is 12.8 Å². The number of nitrogens with zero attached hydrogens (tertiary/aromatic N) is 1. The summed E-state index contributed by atoms with van der Waals surface area (Å²) >= 11 is 0. The van der Waals surface area contributed by atoms with Crippen LogP contribution in [0.4, 0.5) is 13.2 Å². The number of piperidine rings is 1. The lowest BCUT2D eigenvalue weighted by Gasteiger charge is -2.31. The highest BCUT2D eigenvalue weighted by Gasteiger charge is 2.69. The van der Waals surface area contributed by atoms with Gasteiger partial charge in [-0.15, -0.1) is 0 Å². The topological polar surface area (TPSA) is 143 Å². The summed E-state index contributed by atoms with van der Waals surface area (Å²) in [6.45, 7) is 2.87. The first-order valence-electron chi connectivity index (χ1n) is 14.4. The van der Waals surface area contributed by atoms with Crippen molar-refractivity contribution in [1.29, 1.82) is 0 Å². The zero-order valence-corrected chi connectivity index (χ0v) is 23.9. The van der Waals surface area contributed by atoms with E-state index in [1.165, 1.54) is 29.2 Å². The number of benzene rings is 1. The minimum atomic E-state index is -4.48. The van der Waals surface area contributed by atoms with Crippen LogP contribution in [0.3, 0.4) is 0 Å². The SMILES string of the molecule is CC1(C)[C@@H]2[C@@H](C(=O)N[C@@H](C[C@@H]3CCNC3=O)C(=O)C(=O)NC3CC3)N(C(=O)COc3ccc(OCC(F)(F)F)cc3)C[C@@H]21. The van der Waals surface area contributed by atoms with Gasteiger partial charge in [0.15, 0.2) is 13.2 Å². The molecular weight excluding hydrogens is 573 g/mol. The van der Waals surface area contributed by atoms with Crippen LogP contribution in [0.15, 0.2) is 24.3 Å². The minimum absolute atomic E-state index is 0.0143. The molecule has 0 unspecified atom stereocenters. The number of likely N-dealkylation sites (tertiary alicyclic amines) is 1. The van der Waals surface area contributed by atoms with Crippen molar-refractivity contribution >= 4 is 29.4 Å². The summed E-state index contributed by atoms with van der Waals surface area (Å²) in [6.07, 6.45) is -2.48. The molecule has 0 radical (unpaired) electrons. The number of fused-ring (bicyclic) bond motifs is 1. The Morgan fingerprint density at radius 1 is 1.07 bits per heavy atom. The van der Waals surface area contributed by atoms with Crippen LogP contribution in [0.5, 0.6) is 11.5 Å².